The number of rotatable bonds is 4. The zero-order valence-electron chi connectivity index (χ0n) is 18.1. The normalized spacial score (nSPS) is 17.5. The molecule has 0 aliphatic heterocycles. The van der Waals surface area contributed by atoms with Crippen LogP contribution in [0.2, 0.25) is 19.6 Å². The van der Waals surface area contributed by atoms with Crippen molar-refractivity contribution >= 4 is 13.3 Å². The second kappa shape index (κ2) is 8.24. The van der Waals surface area contributed by atoms with Crippen molar-refractivity contribution in [3.05, 3.63) is 47.4 Å². The van der Waals surface area contributed by atoms with Crippen molar-refractivity contribution in [2.75, 3.05) is 0 Å². The molecule has 1 radical (unpaired) electrons. The van der Waals surface area contributed by atoms with E-state index in [4.69, 9.17) is 4.11 Å². The molecular formula is C21H27FIrNSi-. The van der Waals surface area contributed by atoms with Crippen LogP contribution in [0.25, 0.3) is 11.3 Å². The van der Waals surface area contributed by atoms with Gasteiger partial charge in [-0.25, -0.2) is 0 Å². The van der Waals surface area contributed by atoms with Crippen LogP contribution in [0.5, 0.6) is 0 Å². The van der Waals surface area contributed by atoms with Crippen LogP contribution in [0.1, 0.15) is 40.9 Å². The maximum atomic E-state index is 13.7. The van der Waals surface area contributed by atoms with E-state index in [1.807, 2.05) is 12.3 Å². The van der Waals surface area contributed by atoms with E-state index in [1.165, 1.54) is 42.5 Å². The summed E-state index contributed by atoms with van der Waals surface area (Å²) in [4.78, 5) is 4.59. The first kappa shape index (κ1) is 16.3. The van der Waals surface area contributed by atoms with Crippen LogP contribution in [-0.2, 0) is 26.5 Å². The van der Waals surface area contributed by atoms with Gasteiger partial charge in [0.1, 0.15) is 0 Å². The molecule has 1 fully saturated rings. The predicted molar refractivity (Wildman–Crippen MR) is 102 cm³/mol. The van der Waals surface area contributed by atoms with Crippen LogP contribution in [0, 0.1) is 24.7 Å². The molecule has 137 valence electrons. The third kappa shape index (κ3) is 4.87. The fourth-order valence-corrected chi connectivity index (χ4v) is 5.28. The molecule has 2 aromatic rings. The van der Waals surface area contributed by atoms with Crippen molar-refractivity contribution in [3.63, 3.8) is 0 Å². The number of nitrogens with zero attached hydrogens (tertiary/aromatic N) is 1. The summed E-state index contributed by atoms with van der Waals surface area (Å²) in [6.07, 6.45) is 8.03. The van der Waals surface area contributed by atoms with E-state index < -0.39 is 20.7 Å². The number of hydrogen-bond donors (Lipinski definition) is 0. The Morgan fingerprint density at radius 1 is 1.28 bits per heavy atom. The van der Waals surface area contributed by atoms with E-state index in [0.717, 1.165) is 12.5 Å². The Bertz CT molecular complexity index is 827. The van der Waals surface area contributed by atoms with Gasteiger partial charge in [-0.3, -0.25) is 4.39 Å². The van der Waals surface area contributed by atoms with E-state index in [0.29, 0.717) is 17.2 Å². The van der Waals surface area contributed by atoms with Crippen LogP contribution in [0.15, 0.2) is 24.4 Å². The van der Waals surface area contributed by atoms with E-state index >= 15 is 0 Å². The molecular weight excluding hydrogens is 506 g/mol. The average molecular weight is 536 g/mol. The number of pyridine rings is 1. The summed E-state index contributed by atoms with van der Waals surface area (Å²) in [5, 5.41) is 1.33. The summed E-state index contributed by atoms with van der Waals surface area (Å²) in [7, 11) is -1.58. The fourth-order valence-electron chi connectivity index (χ4n) is 3.69. The van der Waals surface area contributed by atoms with Crippen LogP contribution in [-0.4, -0.2) is 13.1 Å². The van der Waals surface area contributed by atoms with Gasteiger partial charge in [-0.05, 0) is 23.2 Å². The number of halogens is 1. The molecule has 0 N–H and O–H groups in total. The molecule has 0 atom stereocenters. The second-order valence-electron chi connectivity index (χ2n) is 7.94. The van der Waals surface area contributed by atoms with Gasteiger partial charge < -0.3 is 4.98 Å². The Kier molecular flexibility index (Phi) is 5.39. The Hall–Kier alpha value is -0.834. The van der Waals surface area contributed by atoms with Crippen molar-refractivity contribution in [1.29, 1.82) is 0 Å². The van der Waals surface area contributed by atoms with Gasteiger partial charge in [-0.15, -0.1) is 29.3 Å². The van der Waals surface area contributed by atoms with E-state index in [1.54, 1.807) is 0 Å². The molecule has 0 spiro atoms. The SMILES string of the molecule is [2H]C([2H])([2H])c1cc(F)c[c-]c1-c1cc(CC2CCCC2)c([Si](C)(C)C)cn1.[Ir]. The van der Waals surface area contributed by atoms with Gasteiger partial charge in [-0.1, -0.05) is 63.8 Å². The molecule has 1 saturated carbocycles. The molecule has 25 heavy (non-hydrogen) atoms. The summed E-state index contributed by atoms with van der Waals surface area (Å²) >= 11 is 0. The van der Waals surface area contributed by atoms with Crippen molar-refractivity contribution in [2.45, 2.75) is 58.6 Å². The zero-order valence-corrected chi connectivity index (χ0v) is 18.5. The van der Waals surface area contributed by atoms with Gasteiger partial charge in [0.05, 0.1) is 8.07 Å². The summed E-state index contributed by atoms with van der Waals surface area (Å²) in [5.41, 5.74) is 2.21. The van der Waals surface area contributed by atoms with Crippen LogP contribution >= 0.6 is 0 Å². The first-order valence-corrected chi connectivity index (χ1v) is 12.3. The zero-order chi connectivity index (χ0) is 19.8. The van der Waals surface area contributed by atoms with Crippen LogP contribution < -0.4 is 5.19 Å². The Labute approximate surface area is 170 Å². The summed E-state index contributed by atoms with van der Waals surface area (Å²) in [6.45, 7) is 4.51. The summed E-state index contributed by atoms with van der Waals surface area (Å²) in [6, 6.07) is 7.13. The minimum absolute atomic E-state index is 0. The van der Waals surface area contributed by atoms with Gasteiger partial charge >= 0.3 is 0 Å². The molecule has 0 unspecified atom stereocenters. The molecule has 1 heterocycles. The fraction of sp³-hybridized carbons (Fsp3) is 0.476. The van der Waals surface area contributed by atoms with Gasteiger partial charge in [0.25, 0.3) is 0 Å². The summed E-state index contributed by atoms with van der Waals surface area (Å²) in [5.74, 6) is 0.101. The number of aromatic nitrogens is 1. The molecule has 1 aromatic carbocycles. The monoisotopic (exact) mass is 536 g/mol. The van der Waals surface area contributed by atoms with Gasteiger partial charge in [-0.2, -0.15) is 0 Å². The van der Waals surface area contributed by atoms with E-state index in [-0.39, 0.29) is 25.7 Å². The Balaban J connectivity index is 0.00000280. The van der Waals surface area contributed by atoms with Gasteiger partial charge in [0.15, 0.2) is 0 Å². The van der Waals surface area contributed by atoms with Crippen LogP contribution in [0.3, 0.4) is 0 Å². The molecule has 1 nitrogen and oxygen atoms in total. The first-order chi connectivity index (χ1) is 12.6. The molecule has 0 saturated heterocycles. The van der Waals surface area contributed by atoms with Gasteiger partial charge in [0, 0.05) is 36.2 Å². The first-order valence-electron chi connectivity index (χ1n) is 10.3. The molecule has 3 rings (SSSR count). The molecule has 1 aromatic heterocycles. The quantitative estimate of drug-likeness (QED) is 0.384. The molecule has 4 heteroatoms. The largest absolute Gasteiger partial charge is 0.305 e. The summed E-state index contributed by atoms with van der Waals surface area (Å²) < 4.78 is 37.0. The van der Waals surface area contributed by atoms with Crippen molar-refractivity contribution in [1.82, 2.24) is 4.98 Å². The maximum Gasteiger partial charge on any atom is 0.0798 e. The molecule has 1 aliphatic carbocycles. The third-order valence-electron chi connectivity index (χ3n) is 4.94. The smallest absolute Gasteiger partial charge is 0.0798 e. The van der Waals surface area contributed by atoms with E-state index in [9.17, 15) is 4.39 Å². The Morgan fingerprint density at radius 2 is 2.00 bits per heavy atom. The molecule has 0 amide bonds. The second-order valence-corrected chi connectivity index (χ2v) is 13.0. The van der Waals surface area contributed by atoms with Gasteiger partial charge in [0.2, 0.25) is 0 Å². The van der Waals surface area contributed by atoms with Crippen molar-refractivity contribution in [2.24, 2.45) is 5.92 Å². The minimum Gasteiger partial charge on any atom is -0.305 e. The average Bonchev–Trinajstić information content (AvgIpc) is 3.06. The van der Waals surface area contributed by atoms with E-state index in [2.05, 4.69) is 30.7 Å². The minimum atomic E-state index is -2.40. The number of aryl methyl sites for hydroxylation is 1. The molecule has 1 aliphatic rings. The number of benzene rings is 1. The number of hydrogen-bond acceptors (Lipinski definition) is 1. The topological polar surface area (TPSA) is 12.9 Å². The standard InChI is InChI=1S/C21H27FNSi.Ir/c1-15-11-18(22)9-10-19(15)20-13-17(12-16-7-5-6-8-16)21(14-23-20)24(2,3)4;/h9,11,13-14,16H,5-8,12H2,1-4H3;/q-1;/i1D3;. The maximum absolute atomic E-state index is 13.7. The third-order valence-corrected chi connectivity index (χ3v) is 7.01. The van der Waals surface area contributed by atoms with Crippen LogP contribution in [0.4, 0.5) is 4.39 Å². The predicted octanol–water partition coefficient (Wildman–Crippen LogP) is 5.27. The Morgan fingerprint density at radius 3 is 2.64 bits per heavy atom. The van der Waals surface area contributed by atoms with Crippen molar-refractivity contribution in [3.8, 4) is 11.3 Å². The molecule has 0 bridgehead atoms. The van der Waals surface area contributed by atoms with Crippen molar-refractivity contribution < 1.29 is 28.6 Å².